The van der Waals surface area contributed by atoms with Gasteiger partial charge in [-0.2, -0.15) is 0 Å². The van der Waals surface area contributed by atoms with Crippen LogP contribution in [0.25, 0.3) is 0 Å². The summed E-state index contributed by atoms with van der Waals surface area (Å²) in [5, 5.41) is 0. The first-order chi connectivity index (χ1) is 11.2. The van der Waals surface area contributed by atoms with E-state index in [1.54, 1.807) is 24.3 Å². The molecule has 130 valence electrons. The fraction of sp³-hybridized carbons (Fsp3) is 0.250. The van der Waals surface area contributed by atoms with Crippen LogP contribution >= 0.6 is 31.9 Å². The van der Waals surface area contributed by atoms with E-state index >= 15 is 0 Å². The van der Waals surface area contributed by atoms with Gasteiger partial charge in [0.25, 0.3) is 0 Å². The van der Waals surface area contributed by atoms with Crippen LogP contribution in [0.4, 0.5) is 4.39 Å². The first kappa shape index (κ1) is 19.5. The molecular weight excluding hydrogens is 463 g/mol. The third kappa shape index (κ3) is 4.86. The Morgan fingerprint density at radius 1 is 1.17 bits per heavy atom. The van der Waals surface area contributed by atoms with E-state index in [1.807, 2.05) is 19.0 Å². The van der Waals surface area contributed by atoms with E-state index in [2.05, 4.69) is 36.6 Å². The first-order valence-electron chi connectivity index (χ1n) is 7.07. The van der Waals surface area contributed by atoms with Gasteiger partial charge in [0.05, 0.1) is 4.90 Å². The van der Waals surface area contributed by atoms with Crippen molar-refractivity contribution in [1.29, 1.82) is 0 Å². The Hall–Kier alpha value is -0.800. The normalized spacial score (nSPS) is 13.2. The number of sulfonamides is 1. The van der Waals surface area contributed by atoms with E-state index in [1.165, 1.54) is 18.2 Å². The summed E-state index contributed by atoms with van der Waals surface area (Å²) >= 11 is 6.53. The fourth-order valence-corrected chi connectivity index (χ4v) is 4.80. The van der Waals surface area contributed by atoms with Crippen molar-refractivity contribution in [3.05, 3.63) is 62.8 Å². The monoisotopic (exact) mass is 478 g/mol. The zero-order valence-corrected chi connectivity index (χ0v) is 17.1. The average molecular weight is 480 g/mol. The molecule has 0 spiro atoms. The molecule has 0 radical (unpaired) electrons. The number of benzene rings is 2. The topological polar surface area (TPSA) is 49.4 Å². The van der Waals surface area contributed by atoms with Crippen molar-refractivity contribution in [3.8, 4) is 0 Å². The minimum Gasteiger partial charge on any atom is -0.301 e. The molecule has 0 aliphatic heterocycles. The lowest BCUT2D eigenvalue weighted by Crippen LogP contribution is -2.34. The maximum Gasteiger partial charge on any atom is 0.241 e. The van der Waals surface area contributed by atoms with E-state index in [0.717, 1.165) is 0 Å². The maximum atomic E-state index is 13.5. The van der Waals surface area contributed by atoms with Crippen LogP contribution in [-0.2, 0) is 10.0 Å². The Morgan fingerprint density at radius 2 is 1.88 bits per heavy atom. The van der Waals surface area contributed by atoms with Gasteiger partial charge >= 0.3 is 0 Å². The predicted molar refractivity (Wildman–Crippen MR) is 99.9 cm³/mol. The van der Waals surface area contributed by atoms with Gasteiger partial charge in [0.15, 0.2) is 0 Å². The van der Waals surface area contributed by atoms with Crippen LogP contribution < -0.4 is 4.72 Å². The van der Waals surface area contributed by atoms with Crippen LogP contribution in [-0.4, -0.2) is 34.0 Å². The fourth-order valence-electron chi connectivity index (χ4n) is 2.26. The second kappa shape index (κ2) is 8.05. The van der Waals surface area contributed by atoms with E-state index in [9.17, 15) is 12.8 Å². The Bertz CT molecular complexity index is 829. The van der Waals surface area contributed by atoms with Gasteiger partial charge in [-0.15, -0.1) is 0 Å². The number of hydrogen-bond donors (Lipinski definition) is 1. The molecule has 1 N–H and O–H groups in total. The van der Waals surface area contributed by atoms with Gasteiger partial charge < -0.3 is 4.90 Å². The molecule has 0 amide bonds. The summed E-state index contributed by atoms with van der Waals surface area (Å²) in [5.41, 5.74) is 0.705. The third-order valence-electron chi connectivity index (χ3n) is 3.51. The van der Waals surface area contributed by atoms with Gasteiger partial charge in [0, 0.05) is 21.5 Å². The zero-order valence-electron chi connectivity index (χ0n) is 13.1. The standard InChI is InChI=1S/C16H17Br2FN2O2S/c1-21(2)15(11-4-3-5-13(19)8-11)10-20-24(22,23)16-9-12(17)6-7-14(16)18/h3-9,15,20H,10H2,1-2H3. The van der Waals surface area contributed by atoms with Crippen molar-refractivity contribution >= 4 is 41.9 Å². The predicted octanol–water partition coefficient (Wildman–Crippen LogP) is 3.93. The molecule has 1 atom stereocenters. The molecule has 2 aromatic rings. The zero-order chi connectivity index (χ0) is 17.9. The summed E-state index contributed by atoms with van der Waals surface area (Å²) in [4.78, 5) is 1.99. The maximum absolute atomic E-state index is 13.5. The number of hydrogen-bond acceptors (Lipinski definition) is 3. The number of likely N-dealkylation sites (N-methyl/N-ethyl adjacent to an activating group) is 1. The highest BCUT2D eigenvalue weighted by molar-refractivity contribution is 9.11. The molecule has 1 unspecified atom stereocenters. The SMILES string of the molecule is CN(C)C(CNS(=O)(=O)c1cc(Br)ccc1Br)c1cccc(F)c1. The molecule has 0 aromatic heterocycles. The minimum atomic E-state index is -3.71. The van der Waals surface area contributed by atoms with Crippen LogP contribution in [0, 0.1) is 5.82 Å². The molecule has 0 fully saturated rings. The Labute approximate surface area is 158 Å². The van der Waals surface area contributed by atoms with Crippen LogP contribution in [0.1, 0.15) is 11.6 Å². The highest BCUT2D eigenvalue weighted by atomic mass is 79.9. The molecule has 4 nitrogen and oxygen atoms in total. The van der Waals surface area contributed by atoms with Gasteiger partial charge in [-0.25, -0.2) is 17.5 Å². The lowest BCUT2D eigenvalue weighted by molar-refractivity contribution is 0.299. The molecule has 24 heavy (non-hydrogen) atoms. The highest BCUT2D eigenvalue weighted by Gasteiger charge is 2.22. The third-order valence-corrected chi connectivity index (χ3v) is 6.42. The molecular formula is C16H17Br2FN2O2S. The van der Waals surface area contributed by atoms with Crippen LogP contribution in [0.2, 0.25) is 0 Å². The second-order valence-electron chi connectivity index (χ2n) is 5.46. The summed E-state index contributed by atoms with van der Waals surface area (Å²) in [6.45, 7) is 0.123. The highest BCUT2D eigenvalue weighted by Crippen LogP contribution is 2.26. The summed E-state index contributed by atoms with van der Waals surface area (Å²) in [7, 11) is -0.0708. The smallest absolute Gasteiger partial charge is 0.241 e. The lowest BCUT2D eigenvalue weighted by atomic mass is 10.1. The molecule has 0 aliphatic rings. The number of nitrogens with one attached hydrogen (secondary N) is 1. The summed E-state index contributed by atoms with van der Waals surface area (Å²) < 4.78 is 42.4. The van der Waals surface area contributed by atoms with Crippen molar-refractivity contribution in [2.75, 3.05) is 20.6 Å². The molecule has 0 saturated heterocycles. The molecule has 2 aromatic carbocycles. The molecule has 0 heterocycles. The molecule has 2 rings (SSSR count). The largest absolute Gasteiger partial charge is 0.301 e. The van der Waals surface area contributed by atoms with Crippen LogP contribution in [0.5, 0.6) is 0 Å². The van der Waals surface area contributed by atoms with Crippen molar-refractivity contribution in [1.82, 2.24) is 9.62 Å². The van der Waals surface area contributed by atoms with Crippen molar-refractivity contribution in [2.24, 2.45) is 0 Å². The summed E-state index contributed by atoms with van der Waals surface area (Å²) in [6, 6.07) is 10.8. The van der Waals surface area contributed by atoms with Gasteiger partial charge in [-0.3, -0.25) is 0 Å². The minimum absolute atomic E-state index is 0.123. The second-order valence-corrected chi connectivity index (χ2v) is 8.97. The van der Waals surface area contributed by atoms with E-state index in [4.69, 9.17) is 0 Å². The molecule has 0 saturated carbocycles. The van der Waals surface area contributed by atoms with Gasteiger partial charge in [0.2, 0.25) is 10.0 Å². The van der Waals surface area contributed by atoms with Gasteiger partial charge in [-0.1, -0.05) is 28.1 Å². The average Bonchev–Trinajstić information content (AvgIpc) is 2.49. The summed E-state index contributed by atoms with van der Waals surface area (Å²) in [5.74, 6) is -0.350. The number of rotatable bonds is 6. The first-order valence-corrected chi connectivity index (χ1v) is 10.1. The van der Waals surface area contributed by atoms with E-state index in [-0.39, 0.29) is 23.3 Å². The van der Waals surface area contributed by atoms with Crippen molar-refractivity contribution < 1.29 is 12.8 Å². The Kier molecular flexibility index (Phi) is 6.55. The number of halogens is 3. The molecule has 0 aliphatic carbocycles. The van der Waals surface area contributed by atoms with Gasteiger partial charge in [-0.05, 0) is 65.9 Å². The van der Waals surface area contributed by atoms with E-state index < -0.39 is 10.0 Å². The summed E-state index contributed by atoms with van der Waals surface area (Å²) in [6.07, 6.45) is 0. The molecule has 8 heteroatoms. The lowest BCUT2D eigenvalue weighted by Gasteiger charge is -2.25. The van der Waals surface area contributed by atoms with Gasteiger partial charge in [0.1, 0.15) is 5.82 Å². The van der Waals surface area contributed by atoms with Crippen molar-refractivity contribution in [3.63, 3.8) is 0 Å². The quantitative estimate of drug-likeness (QED) is 0.682. The molecule has 0 bridgehead atoms. The Balaban J connectivity index is 2.24. The number of nitrogens with zero attached hydrogens (tertiary/aromatic N) is 1. The van der Waals surface area contributed by atoms with Crippen molar-refractivity contribution in [2.45, 2.75) is 10.9 Å². The van der Waals surface area contributed by atoms with Crippen LogP contribution in [0.3, 0.4) is 0 Å². The van der Waals surface area contributed by atoms with Crippen LogP contribution in [0.15, 0.2) is 56.3 Å². The van der Waals surface area contributed by atoms with E-state index in [0.29, 0.717) is 14.5 Å². The Morgan fingerprint density at radius 3 is 2.50 bits per heavy atom.